The Morgan fingerprint density at radius 3 is 2.34 bits per heavy atom. The van der Waals surface area contributed by atoms with Crippen LogP contribution >= 0.6 is 0 Å². The van der Waals surface area contributed by atoms with E-state index in [0.29, 0.717) is 23.3 Å². The van der Waals surface area contributed by atoms with Crippen LogP contribution < -0.4 is 5.32 Å². The summed E-state index contributed by atoms with van der Waals surface area (Å²) in [4.78, 5) is 4.23. The van der Waals surface area contributed by atoms with Crippen molar-refractivity contribution in [2.45, 2.75) is 62.3 Å². The molecule has 2 aromatic rings. The fraction of sp³-hybridized carbons (Fsp3) is 0.519. The number of nitrogens with zero attached hydrogens (tertiary/aromatic N) is 1. The van der Waals surface area contributed by atoms with Gasteiger partial charge in [-0.1, -0.05) is 24.3 Å². The smallest absolute Gasteiger partial charge is 0.0555 e. The van der Waals surface area contributed by atoms with Crippen molar-refractivity contribution in [3.63, 3.8) is 0 Å². The highest BCUT2D eigenvalue weighted by Gasteiger charge is 2.52. The lowest BCUT2D eigenvalue weighted by Gasteiger charge is -2.57. The summed E-state index contributed by atoms with van der Waals surface area (Å²) in [6, 6.07) is 12.3. The number of hydrogen-bond donors (Lipinski definition) is 1. The van der Waals surface area contributed by atoms with Gasteiger partial charge in [0.2, 0.25) is 0 Å². The highest BCUT2D eigenvalue weighted by Crippen LogP contribution is 2.61. The van der Waals surface area contributed by atoms with Crippen molar-refractivity contribution in [2.75, 3.05) is 5.32 Å². The summed E-state index contributed by atoms with van der Waals surface area (Å²) in [6.07, 6.45) is 18.9. The molecule has 1 aliphatic heterocycles. The van der Waals surface area contributed by atoms with Crippen molar-refractivity contribution < 1.29 is 0 Å². The highest BCUT2D eigenvalue weighted by atomic mass is 15.0. The minimum absolute atomic E-state index is 0.385. The van der Waals surface area contributed by atoms with Crippen LogP contribution in [0.15, 0.2) is 54.9 Å². The zero-order chi connectivity index (χ0) is 19.0. The standard InChI is InChI=1S/C27H30N2/c1-2-22-23(3-1)26(20-6-8-28-9-7-20)29-25-5-4-21(13-24(22)25)27-14-17-10-18(15-27)12-19(11-17)16-27/h1-2,4-9,13,17-19,22-23,26,29H,3,10-12,14-16H2/t17?,18?,19?,22?,23?,26-,27?/m0/s1. The van der Waals surface area contributed by atoms with Gasteiger partial charge in [-0.05, 0) is 109 Å². The summed E-state index contributed by atoms with van der Waals surface area (Å²) in [6.45, 7) is 0. The number of allylic oxidation sites excluding steroid dienone is 2. The zero-order valence-corrected chi connectivity index (χ0v) is 17.1. The molecule has 8 rings (SSSR count). The first-order valence-electron chi connectivity index (χ1n) is 11.7. The monoisotopic (exact) mass is 382 g/mol. The molecule has 4 bridgehead atoms. The molecule has 1 N–H and O–H groups in total. The molecule has 4 saturated carbocycles. The second-order valence-electron chi connectivity index (χ2n) is 10.8. The lowest BCUT2D eigenvalue weighted by Crippen LogP contribution is -2.48. The molecule has 4 fully saturated rings. The lowest BCUT2D eigenvalue weighted by atomic mass is 9.48. The van der Waals surface area contributed by atoms with Crippen LogP contribution in [-0.4, -0.2) is 4.98 Å². The van der Waals surface area contributed by atoms with Gasteiger partial charge < -0.3 is 5.32 Å². The summed E-state index contributed by atoms with van der Waals surface area (Å²) in [7, 11) is 0. The van der Waals surface area contributed by atoms with Crippen LogP contribution in [0.5, 0.6) is 0 Å². The quantitative estimate of drug-likeness (QED) is 0.610. The van der Waals surface area contributed by atoms with E-state index in [9.17, 15) is 0 Å². The van der Waals surface area contributed by atoms with Crippen LogP contribution in [0.1, 0.15) is 73.6 Å². The van der Waals surface area contributed by atoms with E-state index in [4.69, 9.17) is 0 Å². The molecule has 6 aliphatic rings. The van der Waals surface area contributed by atoms with Gasteiger partial charge >= 0.3 is 0 Å². The average Bonchev–Trinajstić information content (AvgIpc) is 3.23. The predicted molar refractivity (Wildman–Crippen MR) is 117 cm³/mol. The molecule has 0 amide bonds. The van der Waals surface area contributed by atoms with Crippen LogP contribution in [0.3, 0.4) is 0 Å². The molecule has 0 spiro atoms. The predicted octanol–water partition coefficient (Wildman–Crippen LogP) is 6.38. The van der Waals surface area contributed by atoms with E-state index in [1.165, 1.54) is 56.2 Å². The Hall–Kier alpha value is -2.09. The fourth-order valence-corrected chi connectivity index (χ4v) is 8.29. The van der Waals surface area contributed by atoms with Gasteiger partial charge in [0, 0.05) is 24.0 Å². The lowest BCUT2D eigenvalue weighted by molar-refractivity contribution is -0.00523. The number of benzene rings is 1. The van der Waals surface area contributed by atoms with Gasteiger partial charge in [0.25, 0.3) is 0 Å². The Morgan fingerprint density at radius 2 is 1.62 bits per heavy atom. The Labute approximate surface area is 173 Å². The van der Waals surface area contributed by atoms with Crippen molar-refractivity contribution in [1.29, 1.82) is 0 Å². The van der Waals surface area contributed by atoms with Crippen LogP contribution in [-0.2, 0) is 5.41 Å². The number of fused-ring (bicyclic) bond motifs is 3. The van der Waals surface area contributed by atoms with Crippen molar-refractivity contribution >= 4 is 5.69 Å². The molecule has 29 heavy (non-hydrogen) atoms. The summed E-state index contributed by atoms with van der Waals surface area (Å²) in [5.41, 5.74) is 6.44. The number of pyridine rings is 1. The number of nitrogens with one attached hydrogen (secondary N) is 1. The van der Waals surface area contributed by atoms with Crippen molar-refractivity contribution in [1.82, 2.24) is 4.98 Å². The third-order valence-electron chi connectivity index (χ3n) is 9.08. The number of aromatic nitrogens is 1. The molecule has 3 atom stereocenters. The molecule has 5 aliphatic carbocycles. The molecule has 2 unspecified atom stereocenters. The minimum atomic E-state index is 0.385. The summed E-state index contributed by atoms with van der Waals surface area (Å²) >= 11 is 0. The molecular weight excluding hydrogens is 352 g/mol. The van der Waals surface area contributed by atoms with Gasteiger partial charge in [-0.25, -0.2) is 0 Å². The van der Waals surface area contributed by atoms with E-state index in [2.05, 4.69) is 52.8 Å². The van der Waals surface area contributed by atoms with E-state index in [1.54, 1.807) is 11.1 Å². The Bertz CT molecular complexity index is 940. The molecule has 2 nitrogen and oxygen atoms in total. The van der Waals surface area contributed by atoms with E-state index in [-0.39, 0.29) is 0 Å². The van der Waals surface area contributed by atoms with Crippen LogP contribution in [0, 0.1) is 23.7 Å². The highest BCUT2D eigenvalue weighted by molar-refractivity contribution is 5.61. The first kappa shape index (κ1) is 16.7. The van der Waals surface area contributed by atoms with Gasteiger partial charge in [-0.3, -0.25) is 4.98 Å². The first-order chi connectivity index (χ1) is 14.3. The normalized spacial score (nSPS) is 41.1. The molecule has 0 saturated heterocycles. The van der Waals surface area contributed by atoms with E-state index < -0.39 is 0 Å². The van der Waals surface area contributed by atoms with Crippen LogP contribution in [0.25, 0.3) is 0 Å². The van der Waals surface area contributed by atoms with Gasteiger partial charge in [-0.2, -0.15) is 0 Å². The Balaban J connectivity index is 1.29. The minimum Gasteiger partial charge on any atom is -0.378 e. The van der Waals surface area contributed by atoms with Crippen molar-refractivity contribution in [2.24, 2.45) is 23.7 Å². The van der Waals surface area contributed by atoms with Gasteiger partial charge in [-0.15, -0.1) is 0 Å². The molecule has 148 valence electrons. The van der Waals surface area contributed by atoms with E-state index in [0.717, 1.165) is 17.8 Å². The molecule has 0 radical (unpaired) electrons. The van der Waals surface area contributed by atoms with Crippen molar-refractivity contribution in [3.05, 3.63) is 71.6 Å². The number of anilines is 1. The topological polar surface area (TPSA) is 24.9 Å². The number of rotatable bonds is 2. The second-order valence-corrected chi connectivity index (χ2v) is 10.8. The third kappa shape index (κ3) is 2.44. The number of hydrogen-bond acceptors (Lipinski definition) is 2. The van der Waals surface area contributed by atoms with Gasteiger partial charge in [0.05, 0.1) is 6.04 Å². The maximum Gasteiger partial charge on any atom is 0.0555 e. The summed E-state index contributed by atoms with van der Waals surface area (Å²) in [5.74, 6) is 4.19. The fourth-order valence-electron chi connectivity index (χ4n) is 8.29. The molecule has 1 aromatic heterocycles. The second kappa shape index (κ2) is 5.97. The average molecular weight is 383 g/mol. The maximum absolute atomic E-state index is 4.23. The van der Waals surface area contributed by atoms with Gasteiger partial charge in [0.15, 0.2) is 0 Å². The summed E-state index contributed by atoms with van der Waals surface area (Å²) in [5, 5.41) is 3.92. The Morgan fingerprint density at radius 1 is 0.897 bits per heavy atom. The largest absolute Gasteiger partial charge is 0.378 e. The van der Waals surface area contributed by atoms with Crippen LogP contribution in [0.4, 0.5) is 5.69 Å². The van der Waals surface area contributed by atoms with Crippen LogP contribution in [0.2, 0.25) is 0 Å². The molecular formula is C27H30N2. The first-order valence-corrected chi connectivity index (χ1v) is 11.7. The Kier molecular flexibility index (Phi) is 3.43. The molecule has 1 aromatic carbocycles. The van der Waals surface area contributed by atoms with Crippen molar-refractivity contribution in [3.8, 4) is 0 Å². The SMILES string of the molecule is C1=CC2c3cc(C45CC6CC(CC(C6)C4)C5)ccc3N[C@@H](c3ccncc3)C2C1. The maximum atomic E-state index is 4.23. The third-order valence-corrected chi connectivity index (χ3v) is 9.08. The van der Waals surface area contributed by atoms with Gasteiger partial charge in [0.1, 0.15) is 0 Å². The summed E-state index contributed by atoms with van der Waals surface area (Å²) < 4.78 is 0. The molecule has 2 heterocycles. The van der Waals surface area contributed by atoms with E-state index >= 15 is 0 Å². The molecule has 2 heteroatoms. The zero-order valence-electron chi connectivity index (χ0n) is 17.1. The van der Waals surface area contributed by atoms with E-state index in [1.807, 2.05) is 12.4 Å².